The van der Waals surface area contributed by atoms with Gasteiger partial charge in [0.15, 0.2) is 0 Å². The molecule has 0 radical (unpaired) electrons. The predicted molar refractivity (Wildman–Crippen MR) is 88.2 cm³/mol. The molecule has 4 heterocycles. The van der Waals surface area contributed by atoms with Crippen molar-refractivity contribution in [2.24, 2.45) is 0 Å². The van der Waals surface area contributed by atoms with E-state index in [4.69, 9.17) is 0 Å². The summed E-state index contributed by atoms with van der Waals surface area (Å²) >= 11 is 1.64. The van der Waals surface area contributed by atoms with Crippen molar-refractivity contribution in [1.82, 2.24) is 29.7 Å². The van der Waals surface area contributed by atoms with E-state index in [1.54, 1.807) is 30.2 Å². The largest absolute Gasteiger partial charge is 0.353 e. The van der Waals surface area contributed by atoms with Crippen LogP contribution in [0.1, 0.15) is 5.01 Å². The quantitative estimate of drug-likeness (QED) is 0.714. The van der Waals surface area contributed by atoms with Crippen LogP contribution in [0.2, 0.25) is 0 Å². The SMILES string of the molecule is Cc1nnc(N2CCN(c3cc(-n4ccnc4)ncn3)CC2)s1. The van der Waals surface area contributed by atoms with Gasteiger partial charge in [0.1, 0.15) is 29.3 Å². The van der Waals surface area contributed by atoms with Gasteiger partial charge in [0.05, 0.1) is 0 Å². The van der Waals surface area contributed by atoms with Gasteiger partial charge in [-0.1, -0.05) is 11.3 Å². The summed E-state index contributed by atoms with van der Waals surface area (Å²) in [6.07, 6.45) is 6.96. The zero-order valence-corrected chi connectivity index (χ0v) is 13.5. The van der Waals surface area contributed by atoms with E-state index >= 15 is 0 Å². The molecule has 1 aliphatic heterocycles. The molecule has 118 valence electrons. The van der Waals surface area contributed by atoms with Crippen molar-refractivity contribution in [3.05, 3.63) is 36.1 Å². The summed E-state index contributed by atoms with van der Waals surface area (Å²) in [5.74, 6) is 1.77. The summed E-state index contributed by atoms with van der Waals surface area (Å²) in [6.45, 7) is 5.62. The molecule has 23 heavy (non-hydrogen) atoms. The number of aryl methyl sites for hydroxylation is 1. The van der Waals surface area contributed by atoms with Gasteiger partial charge in [0.2, 0.25) is 5.13 Å². The summed E-state index contributed by atoms with van der Waals surface area (Å²) in [4.78, 5) is 17.3. The molecule has 1 aliphatic rings. The zero-order valence-electron chi connectivity index (χ0n) is 12.7. The fourth-order valence-electron chi connectivity index (χ4n) is 2.59. The van der Waals surface area contributed by atoms with Crippen LogP contribution in [0.15, 0.2) is 31.1 Å². The first kappa shape index (κ1) is 14.1. The molecule has 8 nitrogen and oxygen atoms in total. The average molecular weight is 328 g/mol. The minimum absolute atomic E-state index is 0.828. The Morgan fingerprint density at radius 2 is 1.78 bits per heavy atom. The second kappa shape index (κ2) is 5.92. The highest BCUT2D eigenvalue weighted by Gasteiger charge is 2.21. The Bertz CT molecular complexity index is 776. The molecule has 1 fully saturated rings. The molecule has 0 aliphatic carbocycles. The second-order valence-electron chi connectivity index (χ2n) is 5.28. The molecule has 4 rings (SSSR count). The Labute approximate surface area is 137 Å². The lowest BCUT2D eigenvalue weighted by molar-refractivity contribution is 0.642. The molecule has 3 aromatic rings. The number of nitrogens with zero attached hydrogens (tertiary/aromatic N) is 8. The molecule has 9 heteroatoms. The Hall–Kier alpha value is -2.55. The molecule has 0 saturated carbocycles. The minimum Gasteiger partial charge on any atom is -0.353 e. The van der Waals surface area contributed by atoms with Crippen molar-refractivity contribution in [1.29, 1.82) is 0 Å². The van der Waals surface area contributed by atoms with E-state index in [0.717, 1.165) is 48.0 Å². The molecule has 0 N–H and O–H groups in total. The highest BCUT2D eigenvalue weighted by Crippen LogP contribution is 2.22. The van der Waals surface area contributed by atoms with Crippen LogP contribution in [0.25, 0.3) is 5.82 Å². The maximum atomic E-state index is 4.41. The number of aromatic nitrogens is 6. The van der Waals surface area contributed by atoms with Gasteiger partial charge in [-0.3, -0.25) is 4.57 Å². The van der Waals surface area contributed by atoms with Gasteiger partial charge in [-0.05, 0) is 6.92 Å². The monoisotopic (exact) mass is 328 g/mol. The van der Waals surface area contributed by atoms with Crippen LogP contribution in [-0.4, -0.2) is 55.9 Å². The number of piperazine rings is 1. The van der Waals surface area contributed by atoms with E-state index in [1.807, 2.05) is 23.8 Å². The van der Waals surface area contributed by atoms with Gasteiger partial charge in [-0.15, -0.1) is 10.2 Å². The third-order valence-corrected chi connectivity index (χ3v) is 4.70. The lowest BCUT2D eigenvalue weighted by Crippen LogP contribution is -2.46. The zero-order chi connectivity index (χ0) is 15.6. The molecular formula is C14H16N8S. The Kier molecular flexibility index (Phi) is 3.62. The number of hydrogen-bond donors (Lipinski definition) is 0. The van der Waals surface area contributed by atoms with E-state index in [0.29, 0.717) is 0 Å². The third-order valence-electron chi connectivity index (χ3n) is 3.80. The van der Waals surface area contributed by atoms with Crippen LogP contribution in [0, 0.1) is 6.92 Å². The topological polar surface area (TPSA) is 75.9 Å². The third kappa shape index (κ3) is 2.87. The van der Waals surface area contributed by atoms with Gasteiger partial charge in [-0.25, -0.2) is 15.0 Å². The average Bonchev–Trinajstić information content (AvgIpc) is 3.27. The number of hydrogen-bond acceptors (Lipinski definition) is 8. The van der Waals surface area contributed by atoms with Crippen molar-refractivity contribution >= 4 is 22.3 Å². The molecule has 0 aromatic carbocycles. The van der Waals surface area contributed by atoms with Crippen molar-refractivity contribution in [2.45, 2.75) is 6.92 Å². The molecular weight excluding hydrogens is 312 g/mol. The lowest BCUT2D eigenvalue weighted by atomic mass is 10.3. The first-order valence-corrected chi connectivity index (χ1v) is 8.21. The van der Waals surface area contributed by atoms with E-state index < -0.39 is 0 Å². The predicted octanol–water partition coefficient (Wildman–Crippen LogP) is 1.15. The lowest BCUT2D eigenvalue weighted by Gasteiger charge is -2.35. The molecule has 0 bridgehead atoms. The summed E-state index contributed by atoms with van der Waals surface area (Å²) in [5, 5.41) is 10.3. The van der Waals surface area contributed by atoms with Crippen molar-refractivity contribution < 1.29 is 0 Å². The first-order chi connectivity index (χ1) is 11.3. The highest BCUT2D eigenvalue weighted by atomic mass is 32.1. The highest BCUT2D eigenvalue weighted by molar-refractivity contribution is 7.15. The number of imidazole rings is 1. The van der Waals surface area contributed by atoms with Crippen LogP contribution in [0.5, 0.6) is 0 Å². The standard InChI is InChI=1S/C14H16N8S/c1-11-18-19-14(23-11)21-6-4-20(5-7-21)12-8-13(17-9-16-12)22-3-2-15-10-22/h2-3,8-10H,4-7H2,1H3. The van der Waals surface area contributed by atoms with E-state index in [9.17, 15) is 0 Å². The normalized spacial score (nSPS) is 15.2. The maximum Gasteiger partial charge on any atom is 0.208 e. The van der Waals surface area contributed by atoms with Gasteiger partial charge >= 0.3 is 0 Å². The molecule has 0 atom stereocenters. The number of rotatable bonds is 3. The second-order valence-corrected chi connectivity index (χ2v) is 6.44. The fourth-order valence-corrected chi connectivity index (χ4v) is 3.33. The van der Waals surface area contributed by atoms with Crippen LogP contribution in [0.4, 0.5) is 10.9 Å². The van der Waals surface area contributed by atoms with Crippen molar-refractivity contribution in [2.75, 3.05) is 36.0 Å². The van der Waals surface area contributed by atoms with E-state index in [1.165, 1.54) is 0 Å². The maximum absolute atomic E-state index is 4.41. The molecule has 1 saturated heterocycles. The summed E-state index contributed by atoms with van der Waals surface area (Å²) in [7, 11) is 0. The summed E-state index contributed by atoms with van der Waals surface area (Å²) < 4.78 is 1.88. The van der Waals surface area contributed by atoms with Gasteiger partial charge in [0, 0.05) is 44.6 Å². The molecule has 0 unspecified atom stereocenters. The van der Waals surface area contributed by atoms with E-state index in [2.05, 4.69) is 34.9 Å². The Morgan fingerprint density at radius 3 is 2.48 bits per heavy atom. The summed E-state index contributed by atoms with van der Waals surface area (Å²) in [6, 6.07) is 1.99. The Morgan fingerprint density at radius 1 is 1.00 bits per heavy atom. The smallest absolute Gasteiger partial charge is 0.208 e. The molecule has 0 spiro atoms. The van der Waals surface area contributed by atoms with Crippen LogP contribution < -0.4 is 9.80 Å². The van der Waals surface area contributed by atoms with Crippen LogP contribution in [0.3, 0.4) is 0 Å². The van der Waals surface area contributed by atoms with Gasteiger partial charge in [-0.2, -0.15) is 0 Å². The Balaban J connectivity index is 1.47. The van der Waals surface area contributed by atoms with E-state index in [-0.39, 0.29) is 0 Å². The first-order valence-electron chi connectivity index (χ1n) is 7.40. The van der Waals surface area contributed by atoms with Crippen LogP contribution >= 0.6 is 11.3 Å². The van der Waals surface area contributed by atoms with Crippen molar-refractivity contribution in [3.63, 3.8) is 0 Å². The number of anilines is 2. The minimum atomic E-state index is 0.828. The van der Waals surface area contributed by atoms with Gasteiger partial charge in [0.25, 0.3) is 0 Å². The summed E-state index contributed by atoms with van der Waals surface area (Å²) in [5.41, 5.74) is 0. The fraction of sp³-hybridized carbons (Fsp3) is 0.357. The molecule has 3 aromatic heterocycles. The van der Waals surface area contributed by atoms with Gasteiger partial charge < -0.3 is 9.80 Å². The van der Waals surface area contributed by atoms with Crippen molar-refractivity contribution in [3.8, 4) is 5.82 Å². The molecule has 0 amide bonds. The van der Waals surface area contributed by atoms with Crippen LogP contribution in [-0.2, 0) is 0 Å².